The van der Waals surface area contributed by atoms with Gasteiger partial charge < -0.3 is 4.74 Å². The van der Waals surface area contributed by atoms with E-state index >= 15 is 0 Å². The molecule has 1 aliphatic rings. The standard InChI is InChI=1S/C14H18BrF2NO/c15-12-3-5-13(6-4-12)19-10-11-2-1-7-18(8-11)9-14(16)17/h3-6,11,14H,1-2,7-10H2. The third-order valence-corrected chi connectivity index (χ3v) is 3.83. The fourth-order valence-electron chi connectivity index (χ4n) is 2.39. The molecular formula is C14H18BrF2NO. The van der Waals surface area contributed by atoms with Gasteiger partial charge in [0, 0.05) is 16.9 Å². The van der Waals surface area contributed by atoms with Gasteiger partial charge >= 0.3 is 0 Å². The van der Waals surface area contributed by atoms with Crippen LogP contribution in [0.25, 0.3) is 0 Å². The van der Waals surface area contributed by atoms with E-state index in [4.69, 9.17) is 4.74 Å². The van der Waals surface area contributed by atoms with Crippen LogP contribution in [0.15, 0.2) is 28.7 Å². The van der Waals surface area contributed by atoms with Crippen LogP contribution in [-0.4, -0.2) is 37.6 Å². The van der Waals surface area contributed by atoms with Crippen molar-refractivity contribution in [1.29, 1.82) is 0 Å². The van der Waals surface area contributed by atoms with Gasteiger partial charge in [-0.1, -0.05) is 15.9 Å². The highest BCUT2D eigenvalue weighted by molar-refractivity contribution is 9.10. The lowest BCUT2D eigenvalue weighted by molar-refractivity contribution is 0.0552. The van der Waals surface area contributed by atoms with Gasteiger partial charge in [0.25, 0.3) is 6.43 Å². The van der Waals surface area contributed by atoms with Crippen LogP contribution in [0.4, 0.5) is 8.78 Å². The molecule has 2 nitrogen and oxygen atoms in total. The first-order valence-electron chi connectivity index (χ1n) is 6.52. The van der Waals surface area contributed by atoms with Crippen molar-refractivity contribution in [2.75, 3.05) is 26.2 Å². The van der Waals surface area contributed by atoms with Crippen LogP contribution in [0.2, 0.25) is 0 Å². The van der Waals surface area contributed by atoms with Crippen molar-refractivity contribution in [2.24, 2.45) is 5.92 Å². The summed E-state index contributed by atoms with van der Waals surface area (Å²) in [5, 5.41) is 0. The zero-order chi connectivity index (χ0) is 13.7. The summed E-state index contributed by atoms with van der Waals surface area (Å²) in [7, 11) is 0. The second-order valence-corrected chi connectivity index (χ2v) is 5.84. The molecule has 1 unspecified atom stereocenters. The summed E-state index contributed by atoms with van der Waals surface area (Å²) in [4.78, 5) is 1.84. The van der Waals surface area contributed by atoms with E-state index in [0.717, 1.165) is 29.6 Å². The lowest BCUT2D eigenvalue weighted by atomic mass is 9.99. The summed E-state index contributed by atoms with van der Waals surface area (Å²) in [6.45, 7) is 1.97. The lowest BCUT2D eigenvalue weighted by Gasteiger charge is -2.32. The summed E-state index contributed by atoms with van der Waals surface area (Å²) in [6, 6.07) is 7.67. The maximum Gasteiger partial charge on any atom is 0.251 e. The van der Waals surface area contributed by atoms with Gasteiger partial charge in [0.2, 0.25) is 0 Å². The van der Waals surface area contributed by atoms with E-state index in [9.17, 15) is 8.78 Å². The zero-order valence-electron chi connectivity index (χ0n) is 10.7. The van der Waals surface area contributed by atoms with Crippen LogP contribution in [-0.2, 0) is 0 Å². The Morgan fingerprint density at radius 3 is 2.74 bits per heavy atom. The number of rotatable bonds is 5. The van der Waals surface area contributed by atoms with Crippen molar-refractivity contribution in [3.8, 4) is 5.75 Å². The smallest absolute Gasteiger partial charge is 0.251 e. The summed E-state index contributed by atoms with van der Waals surface area (Å²) in [5.41, 5.74) is 0. The van der Waals surface area contributed by atoms with Gasteiger partial charge in [-0.15, -0.1) is 0 Å². The summed E-state index contributed by atoms with van der Waals surface area (Å²) < 4.78 is 31.4. The molecule has 0 aliphatic carbocycles. The largest absolute Gasteiger partial charge is 0.493 e. The molecule has 0 radical (unpaired) electrons. The number of ether oxygens (including phenoxy) is 1. The van der Waals surface area contributed by atoms with Crippen LogP contribution < -0.4 is 4.74 Å². The molecule has 1 saturated heterocycles. The molecule has 0 N–H and O–H groups in total. The Morgan fingerprint density at radius 2 is 2.05 bits per heavy atom. The number of nitrogens with zero attached hydrogens (tertiary/aromatic N) is 1. The van der Waals surface area contributed by atoms with E-state index < -0.39 is 6.43 Å². The van der Waals surface area contributed by atoms with E-state index in [2.05, 4.69) is 15.9 Å². The summed E-state index contributed by atoms with van der Waals surface area (Å²) in [6.07, 6.45) is -0.219. The predicted molar refractivity (Wildman–Crippen MR) is 74.8 cm³/mol. The molecule has 0 aromatic heterocycles. The molecule has 1 aromatic carbocycles. The van der Waals surface area contributed by atoms with E-state index in [-0.39, 0.29) is 6.54 Å². The van der Waals surface area contributed by atoms with Gasteiger partial charge in [-0.25, -0.2) is 8.78 Å². The first-order chi connectivity index (χ1) is 9.13. The monoisotopic (exact) mass is 333 g/mol. The molecule has 2 rings (SSSR count). The third kappa shape index (κ3) is 5.07. The van der Waals surface area contributed by atoms with Crippen molar-refractivity contribution >= 4 is 15.9 Å². The minimum atomic E-state index is -2.24. The highest BCUT2D eigenvalue weighted by atomic mass is 79.9. The highest BCUT2D eigenvalue weighted by Gasteiger charge is 2.22. The lowest BCUT2D eigenvalue weighted by Crippen LogP contribution is -2.40. The van der Waals surface area contributed by atoms with Crippen molar-refractivity contribution in [1.82, 2.24) is 4.90 Å². The highest BCUT2D eigenvalue weighted by Crippen LogP contribution is 2.20. The van der Waals surface area contributed by atoms with Crippen LogP contribution >= 0.6 is 15.9 Å². The van der Waals surface area contributed by atoms with Gasteiger partial charge in [0.05, 0.1) is 13.2 Å². The normalized spacial score (nSPS) is 20.7. The number of likely N-dealkylation sites (tertiary alicyclic amines) is 1. The molecule has 1 aliphatic heterocycles. The average Bonchev–Trinajstić information content (AvgIpc) is 2.38. The minimum Gasteiger partial charge on any atom is -0.493 e. The molecule has 0 spiro atoms. The number of piperidine rings is 1. The van der Waals surface area contributed by atoms with E-state index in [1.54, 1.807) is 0 Å². The number of hydrogen-bond donors (Lipinski definition) is 0. The molecule has 1 fully saturated rings. The average molecular weight is 334 g/mol. The Kier molecular flexibility index (Phi) is 5.58. The second-order valence-electron chi connectivity index (χ2n) is 4.92. The van der Waals surface area contributed by atoms with Crippen LogP contribution in [0.5, 0.6) is 5.75 Å². The van der Waals surface area contributed by atoms with Gasteiger partial charge in [0.1, 0.15) is 5.75 Å². The van der Waals surface area contributed by atoms with E-state index in [1.807, 2.05) is 29.2 Å². The Balaban J connectivity index is 1.77. The molecule has 0 amide bonds. The third-order valence-electron chi connectivity index (χ3n) is 3.30. The van der Waals surface area contributed by atoms with Gasteiger partial charge in [0.15, 0.2) is 0 Å². The molecule has 19 heavy (non-hydrogen) atoms. The van der Waals surface area contributed by atoms with Crippen molar-refractivity contribution in [3.63, 3.8) is 0 Å². The molecule has 0 bridgehead atoms. The SMILES string of the molecule is FC(F)CN1CCCC(COc2ccc(Br)cc2)C1. The van der Waals surface area contributed by atoms with Gasteiger partial charge in [-0.05, 0) is 43.7 Å². The molecule has 1 aromatic rings. The predicted octanol–water partition coefficient (Wildman–Crippen LogP) is 3.81. The number of hydrogen-bond acceptors (Lipinski definition) is 2. The number of halogens is 3. The molecule has 0 saturated carbocycles. The molecule has 106 valence electrons. The van der Waals surface area contributed by atoms with E-state index in [0.29, 0.717) is 19.1 Å². The van der Waals surface area contributed by atoms with Crippen molar-refractivity contribution in [3.05, 3.63) is 28.7 Å². The fraction of sp³-hybridized carbons (Fsp3) is 0.571. The molecular weight excluding hydrogens is 316 g/mol. The first kappa shape index (κ1) is 14.7. The Hall–Kier alpha value is -0.680. The topological polar surface area (TPSA) is 12.5 Å². The zero-order valence-corrected chi connectivity index (χ0v) is 12.3. The molecule has 1 heterocycles. The van der Waals surface area contributed by atoms with Gasteiger partial charge in [-0.2, -0.15) is 0 Å². The van der Waals surface area contributed by atoms with Crippen molar-refractivity contribution in [2.45, 2.75) is 19.3 Å². The van der Waals surface area contributed by atoms with Gasteiger partial charge in [-0.3, -0.25) is 4.90 Å². The van der Waals surface area contributed by atoms with E-state index in [1.165, 1.54) is 0 Å². The Bertz CT molecular complexity index is 386. The van der Waals surface area contributed by atoms with Crippen LogP contribution in [0, 0.1) is 5.92 Å². The quantitative estimate of drug-likeness (QED) is 0.812. The second kappa shape index (κ2) is 7.20. The number of alkyl halides is 2. The van der Waals surface area contributed by atoms with Crippen molar-refractivity contribution < 1.29 is 13.5 Å². The Labute approximate surface area is 120 Å². The maximum absolute atomic E-state index is 12.4. The molecule has 1 atom stereocenters. The first-order valence-corrected chi connectivity index (χ1v) is 7.31. The molecule has 5 heteroatoms. The van der Waals surface area contributed by atoms with Crippen LogP contribution in [0.3, 0.4) is 0 Å². The maximum atomic E-state index is 12.4. The fourth-order valence-corrected chi connectivity index (χ4v) is 2.66. The van der Waals surface area contributed by atoms with Crippen LogP contribution in [0.1, 0.15) is 12.8 Å². The Morgan fingerprint density at radius 1 is 1.32 bits per heavy atom. The minimum absolute atomic E-state index is 0.116. The number of benzene rings is 1. The summed E-state index contributed by atoms with van der Waals surface area (Å²) >= 11 is 3.37. The summed E-state index contributed by atoms with van der Waals surface area (Å²) in [5.74, 6) is 1.17.